The van der Waals surface area contributed by atoms with E-state index in [4.69, 9.17) is 0 Å². The molecule has 1 unspecified atom stereocenters. The zero-order valence-electron chi connectivity index (χ0n) is 11.6. The van der Waals surface area contributed by atoms with Crippen LogP contribution >= 0.6 is 11.8 Å². The van der Waals surface area contributed by atoms with E-state index in [-0.39, 0.29) is 11.9 Å². The van der Waals surface area contributed by atoms with Crippen LogP contribution in [0, 0.1) is 0 Å². The highest BCUT2D eigenvalue weighted by atomic mass is 32.2. The Bertz CT molecular complexity index is 411. The van der Waals surface area contributed by atoms with E-state index in [1.54, 1.807) is 0 Å². The van der Waals surface area contributed by atoms with Crippen LogP contribution in [0.25, 0.3) is 0 Å². The lowest BCUT2D eigenvalue weighted by atomic mass is 10.1. The summed E-state index contributed by atoms with van der Waals surface area (Å²) in [5.74, 6) is 2.46. The fourth-order valence-electron chi connectivity index (χ4n) is 2.15. The molecule has 0 aromatic heterocycles. The molecule has 0 aliphatic carbocycles. The van der Waals surface area contributed by atoms with Crippen LogP contribution in [0.2, 0.25) is 0 Å². The highest BCUT2D eigenvalue weighted by Crippen LogP contribution is 2.21. The van der Waals surface area contributed by atoms with Gasteiger partial charge in [0.15, 0.2) is 0 Å². The molecule has 1 heterocycles. The summed E-state index contributed by atoms with van der Waals surface area (Å²) in [5.41, 5.74) is 1.82. The van der Waals surface area contributed by atoms with Crippen LogP contribution in [0.3, 0.4) is 0 Å². The predicted octanol–water partition coefficient (Wildman–Crippen LogP) is 3.13. The largest absolute Gasteiger partial charge is 0.381 e. The van der Waals surface area contributed by atoms with E-state index < -0.39 is 0 Å². The number of carbonyl (C=O) groups excluding carboxylic acids is 1. The molecule has 1 aromatic carbocycles. The Balaban J connectivity index is 1.92. The minimum Gasteiger partial charge on any atom is -0.381 e. The molecular formula is C15H22N2OS. The minimum absolute atomic E-state index is 0.00484. The molecule has 2 N–H and O–H groups in total. The van der Waals surface area contributed by atoms with Crippen LogP contribution in [-0.4, -0.2) is 29.5 Å². The van der Waals surface area contributed by atoms with Gasteiger partial charge in [-0.15, -0.1) is 0 Å². The third-order valence-corrected chi connectivity index (χ3v) is 4.31. The Hall–Kier alpha value is -1.16. The third kappa shape index (κ3) is 4.46. The molecule has 1 saturated heterocycles. The highest BCUT2D eigenvalue weighted by Gasteiger charge is 2.13. The van der Waals surface area contributed by atoms with E-state index in [2.05, 4.69) is 10.6 Å². The molecule has 3 nitrogen and oxygen atoms in total. The maximum atomic E-state index is 11.8. The molecule has 104 valence electrons. The quantitative estimate of drug-likeness (QED) is 0.889. The molecule has 0 saturated carbocycles. The van der Waals surface area contributed by atoms with Gasteiger partial charge in [-0.3, -0.25) is 4.79 Å². The molecule has 1 fully saturated rings. The SMILES string of the molecule is CC(C)NC(=O)c1ccc(NC2CCCSC2)cc1. The highest BCUT2D eigenvalue weighted by molar-refractivity contribution is 7.99. The van der Waals surface area contributed by atoms with Crippen LogP contribution in [0.15, 0.2) is 24.3 Å². The number of carbonyl (C=O) groups is 1. The molecule has 0 bridgehead atoms. The molecule has 2 rings (SSSR count). The normalized spacial score (nSPS) is 19.2. The smallest absolute Gasteiger partial charge is 0.251 e. The van der Waals surface area contributed by atoms with Gasteiger partial charge in [0.05, 0.1) is 0 Å². The van der Waals surface area contributed by atoms with Gasteiger partial charge in [-0.1, -0.05) is 0 Å². The van der Waals surface area contributed by atoms with Crippen LogP contribution in [0.4, 0.5) is 5.69 Å². The number of rotatable bonds is 4. The Morgan fingerprint density at radius 1 is 1.32 bits per heavy atom. The zero-order chi connectivity index (χ0) is 13.7. The number of hydrogen-bond donors (Lipinski definition) is 2. The van der Waals surface area contributed by atoms with Crippen molar-refractivity contribution in [3.63, 3.8) is 0 Å². The van der Waals surface area contributed by atoms with Gasteiger partial charge in [0.1, 0.15) is 0 Å². The first kappa shape index (κ1) is 14.3. The van der Waals surface area contributed by atoms with Crippen molar-refractivity contribution in [3.05, 3.63) is 29.8 Å². The van der Waals surface area contributed by atoms with E-state index in [0.717, 1.165) is 11.3 Å². The zero-order valence-corrected chi connectivity index (χ0v) is 12.4. The second-order valence-corrected chi connectivity index (χ2v) is 6.41. The third-order valence-electron chi connectivity index (χ3n) is 3.10. The van der Waals surface area contributed by atoms with Crippen LogP contribution in [-0.2, 0) is 0 Å². The number of amides is 1. The molecular weight excluding hydrogens is 256 g/mol. The Morgan fingerprint density at radius 3 is 2.63 bits per heavy atom. The summed E-state index contributed by atoms with van der Waals surface area (Å²) in [4.78, 5) is 11.8. The second-order valence-electron chi connectivity index (χ2n) is 5.26. The van der Waals surface area contributed by atoms with Crippen molar-refractivity contribution in [1.29, 1.82) is 0 Å². The van der Waals surface area contributed by atoms with E-state index >= 15 is 0 Å². The first-order chi connectivity index (χ1) is 9.15. The van der Waals surface area contributed by atoms with E-state index in [9.17, 15) is 4.79 Å². The molecule has 1 aromatic rings. The van der Waals surface area contributed by atoms with Crippen molar-refractivity contribution in [3.8, 4) is 0 Å². The number of nitrogens with one attached hydrogen (secondary N) is 2. The standard InChI is InChI=1S/C15H22N2OS/c1-11(2)16-15(18)12-5-7-13(8-6-12)17-14-4-3-9-19-10-14/h5-8,11,14,17H,3-4,9-10H2,1-2H3,(H,16,18). The molecule has 1 atom stereocenters. The van der Waals surface area contributed by atoms with Gasteiger partial charge in [0.2, 0.25) is 0 Å². The predicted molar refractivity (Wildman–Crippen MR) is 83.0 cm³/mol. The summed E-state index contributed by atoms with van der Waals surface area (Å²) in [6, 6.07) is 8.49. The molecule has 4 heteroatoms. The lowest BCUT2D eigenvalue weighted by molar-refractivity contribution is 0.0943. The first-order valence-electron chi connectivity index (χ1n) is 6.90. The Kier molecular flexibility index (Phi) is 5.14. The lowest BCUT2D eigenvalue weighted by Gasteiger charge is -2.23. The van der Waals surface area contributed by atoms with Crippen molar-refractivity contribution in [1.82, 2.24) is 5.32 Å². The topological polar surface area (TPSA) is 41.1 Å². The summed E-state index contributed by atoms with van der Waals surface area (Å²) in [6.07, 6.45) is 2.53. The summed E-state index contributed by atoms with van der Waals surface area (Å²) < 4.78 is 0. The van der Waals surface area contributed by atoms with Crippen molar-refractivity contribution in [2.24, 2.45) is 0 Å². The van der Waals surface area contributed by atoms with Crippen LogP contribution < -0.4 is 10.6 Å². The monoisotopic (exact) mass is 278 g/mol. The molecule has 19 heavy (non-hydrogen) atoms. The molecule has 1 aliphatic rings. The number of hydrogen-bond acceptors (Lipinski definition) is 3. The molecule has 0 radical (unpaired) electrons. The second kappa shape index (κ2) is 6.85. The maximum Gasteiger partial charge on any atom is 0.251 e. The lowest BCUT2D eigenvalue weighted by Crippen LogP contribution is -2.30. The number of benzene rings is 1. The van der Waals surface area contributed by atoms with Gasteiger partial charge in [0.25, 0.3) is 5.91 Å². The number of thioether (sulfide) groups is 1. The molecule has 1 aliphatic heterocycles. The van der Waals surface area contributed by atoms with Gasteiger partial charge in [-0.25, -0.2) is 0 Å². The van der Waals surface area contributed by atoms with E-state index in [1.807, 2.05) is 49.9 Å². The molecule has 1 amide bonds. The minimum atomic E-state index is -0.00484. The fraction of sp³-hybridized carbons (Fsp3) is 0.533. The summed E-state index contributed by atoms with van der Waals surface area (Å²) in [6.45, 7) is 3.93. The summed E-state index contributed by atoms with van der Waals surface area (Å²) in [7, 11) is 0. The molecule has 0 spiro atoms. The first-order valence-corrected chi connectivity index (χ1v) is 8.06. The van der Waals surface area contributed by atoms with Gasteiger partial charge in [0, 0.05) is 29.1 Å². The van der Waals surface area contributed by atoms with Crippen LogP contribution in [0.1, 0.15) is 37.0 Å². The summed E-state index contributed by atoms with van der Waals surface area (Å²) in [5, 5.41) is 6.43. The number of anilines is 1. The van der Waals surface area contributed by atoms with Crippen molar-refractivity contribution >= 4 is 23.4 Å². The van der Waals surface area contributed by atoms with Crippen LogP contribution in [0.5, 0.6) is 0 Å². The Morgan fingerprint density at radius 2 is 2.05 bits per heavy atom. The van der Waals surface area contributed by atoms with Crippen molar-refractivity contribution in [2.75, 3.05) is 16.8 Å². The van der Waals surface area contributed by atoms with E-state index in [0.29, 0.717) is 6.04 Å². The average molecular weight is 278 g/mol. The van der Waals surface area contributed by atoms with Gasteiger partial charge in [-0.05, 0) is 56.7 Å². The van der Waals surface area contributed by atoms with E-state index in [1.165, 1.54) is 24.3 Å². The van der Waals surface area contributed by atoms with Gasteiger partial charge in [-0.2, -0.15) is 11.8 Å². The van der Waals surface area contributed by atoms with Crippen molar-refractivity contribution < 1.29 is 4.79 Å². The van der Waals surface area contributed by atoms with Gasteiger partial charge >= 0.3 is 0 Å². The summed E-state index contributed by atoms with van der Waals surface area (Å²) >= 11 is 2.01. The Labute approximate surface area is 119 Å². The van der Waals surface area contributed by atoms with Gasteiger partial charge < -0.3 is 10.6 Å². The maximum absolute atomic E-state index is 11.8. The fourth-order valence-corrected chi connectivity index (χ4v) is 3.23. The average Bonchev–Trinajstić information content (AvgIpc) is 2.40. The van der Waals surface area contributed by atoms with Crippen molar-refractivity contribution in [2.45, 2.75) is 38.8 Å².